The highest BCUT2D eigenvalue weighted by Crippen LogP contribution is 2.26. The van der Waals surface area contributed by atoms with Crippen LogP contribution < -0.4 is 0 Å². The summed E-state index contributed by atoms with van der Waals surface area (Å²) >= 11 is 0. The molecule has 1 unspecified atom stereocenters. The maximum Gasteiger partial charge on any atom is 0.123 e. The van der Waals surface area contributed by atoms with Gasteiger partial charge in [0.1, 0.15) is 5.82 Å². The molecule has 1 aromatic heterocycles. The minimum Gasteiger partial charge on any atom is -0.385 e. The molecule has 3 heteroatoms. The number of halogens is 1. The lowest BCUT2D eigenvalue weighted by molar-refractivity contribution is 0.0570. The van der Waals surface area contributed by atoms with E-state index in [0.29, 0.717) is 6.42 Å². The van der Waals surface area contributed by atoms with Crippen molar-refractivity contribution in [1.82, 2.24) is 4.98 Å². The molecule has 0 aliphatic rings. The highest BCUT2D eigenvalue weighted by atomic mass is 19.1. The van der Waals surface area contributed by atoms with Gasteiger partial charge in [-0.3, -0.25) is 4.98 Å². The van der Waals surface area contributed by atoms with Gasteiger partial charge in [-0.1, -0.05) is 12.1 Å². The summed E-state index contributed by atoms with van der Waals surface area (Å²) in [5.74, 6) is -0.280. The van der Waals surface area contributed by atoms with Crippen molar-refractivity contribution in [3.05, 3.63) is 65.2 Å². The first-order chi connectivity index (χ1) is 8.49. The van der Waals surface area contributed by atoms with E-state index in [2.05, 4.69) is 4.98 Å². The van der Waals surface area contributed by atoms with Gasteiger partial charge in [-0.2, -0.15) is 0 Å². The van der Waals surface area contributed by atoms with Crippen molar-refractivity contribution >= 4 is 0 Å². The first kappa shape index (κ1) is 12.7. The van der Waals surface area contributed by atoms with E-state index in [9.17, 15) is 9.50 Å². The van der Waals surface area contributed by atoms with Gasteiger partial charge in [-0.05, 0) is 43.2 Å². The Morgan fingerprint density at radius 3 is 2.78 bits per heavy atom. The SMILES string of the molecule is Cc1ccc(F)cc1CC(C)(O)c1cccnc1. The molecular weight excluding hydrogens is 229 g/mol. The predicted octanol–water partition coefficient (Wildman–Crippen LogP) is 2.98. The van der Waals surface area contributed by atoms with Crippen molar-refractivity contribution in [2.75, 3.05) is 0 Å². The standard InChI is InChI=1S/C15H16FNO/c1-11-5-6-14(16)8-12(11)9-15(2,18)13-4-3-7-17-10-13/h3-8,10,18H,9H2,1-2H3. The topological polar surface area (TPSA) is 33.1 Å². The number of aromatic nitrogens is 1. The van der Waals surface area contributed by atoms with Gasteiger partial charge in [0.15, 0.2) is 0 Å². The number of aliphatic hydroxyl groups is 1. The zero-order valence-electron chi connectivity index (χ0n) is 10.5. The zero-order chi connectivity index (χ0) is 13.2. The molecular formula is C15H16FNO. The molecule has 94 valence electrons. The largest absolute Gasteiger partial charge is 0.385 e. The number of aryl methyl sites for hydroxylation is 1. The van der Waals surface area contributed by atoms with Crippen LogP contribution in [0.2, 0.25) is 0 Å². The molecule has 0 radical (unpaired) electrons. The summed E-state index contributed by atoms with van der Waals surface area (Å²) in [7, 11) is 0. The van der Waals surface area contributed by atoms with Crippen LogP contribution in [0.1, 0.15) is 23.6 Å². The van der Waals surface area contributed by atoms with Crippen molar-refractivity contribution in [2.45, 2.75) is 25.9 Å². The zero-order valence-corrected chi connectivity index (χ0v) is 10.5. The Balaban J connectivity index is 2.30. The number of benzene rings is 1. The fourth-order valence-electron chi connectivity index (χ4n) is 1.98. The Labute approximate surface area is 106 Å². The molecule has 0 amide bonds. The van der Waals surface area contributed by atoms with E-state index < -0.39 is 5.60 Å². The lowest BCUT2D eigenvalue weighted by atomic mass is 9.88. The summed E-state index contributed by atoms with van der Waals surface area (Å²) in [5.41, 5.74) is 1.46. The van der Waals surface area contributed by atoms with Crippen LogP contribution in [0, 0.1) is 12.7 Å². The lowest BCUT2D eigenvalue weighted by Gasteiger charge is -2.24. The first-order valence-corrected chi connectivity index (χ1v) is 5.87. The number of hydrogen-bond acceptors (Lipinski definition) is 2. The van der Waals surface area contributed by atoms with E-state index in [-0.39, 0.29) is 5.82 Å². The average Bonchev–Trinajstić information content (AvgIpc) is 2.35. The number of rotatable bonds is 3. The molecule has 0 saturated heterocycles. The van der Waals surface area contributed by atoms with Crippen molar-refractivity contribution in [2.24, 2.45) is 0 Å². The third-order valence-electron chi connectivity index (χ3n) is 3.13. The van der Waals surface area contributed by atoms with Gasteiger partial charge in [-0.25, -0.2) is 4.39 Å². The molecule has 0 saturated carbocycles. The Kier molecular flexibility index (Phi) is 3.43. The fourth-order valence-corrected chi connectivity index (χ4v) is 1.98. The van der Waals surface area contributed by atoms with Gasteiger partial charge in [0.25, 0.3) is 0 Å². The fraction of sp³-hybridized carbons (Fsp3) is 0.267. The van der Waals surface area contributed by atoms with Crippen molar-refractivity contribution in [3.63, 3.8) is 0 Å². The highest BCUT2D eigenvalue weighted by Gasteiger charge is 2.24. The molecule has 1 N–H and O–H groups in total. The van der Waals surface area contributed by atoms with Crippen LogP contribution in [-0.2, 0) is 12.0 Å². The molecule has 0 aliphatic heterocycles. The Morgan fingerprint density at radius 2 is 2.11 bits per heavy atom. The van der Waals surface area contributed by atoms with E-state index in [1.807, 2.05) is 13.0 Å². The number of hydrogen-bond donors (Lipinski definition) is 1. The second-order valence-corrected chi connectivity index (χ2v) is 4.76. The summed E-state index contributed by atoms with van der Waals surface area (Å²) in [6.07, 6.45) is 3.66. The monoisotopic (exact) mass is 245 g/mol. The van der Waals surface area contributed by atoms with E-state index in [1.54, 1.807) is 31.5 Å². The number of pyridine rings is 1. The van der Waals surface area contributed by atoms with E-state index >= 15 is 0 Å². The molecule has 1 atom stereocenters. The van der Waals surface area contributed by atoms with Crippen molar-refractivity contribution in [3.8, 4) is 0 Å². The molecule has 0 bridgehead atoms. The predicted molar refractivity (Wildman–Crippen MR) is 68.6 cm³/mol. The summed E-state index contributed by atoms with van der Waals surface area (Å²) < 4.78 is 13.2. The van der Waals surface area contributed by atoms with Crippen LogP contribution in [0.25, 0.3) is 0 Å². The third-order valence-corrected chi connectivity index (χ3v) is 3.13. The molecule has 18 heavy (non-hydrogen) atoms. The minimum absolute atomic E-state index is 0.280. The van der Waals surface area contributed by atoms with Gasteiger partial charge in [-0.15, -0.1) is 0 Å². The maximum absolute atomic E-state index is 13.2. The van der Waals surface area contributed by atoms with E-state index in [0.717, 1.165) is 16.7 Å². The lowest BCUT2D eigenvalue weighted by Crippen LogP contribution is -2.24. The van der Waals surface area contributed by atoms with Crippen LogP contribution in [-0.4, -0.2) is 10.1 Å². The molecule has 2 rings (SSSR count). The summed E-state index contributed by atoms with van der Waals surface area (Å²) in [4.78, 5) is 4.00. The Bertz CT molecular complexity index is 537. The molecule has 0 aliphatic carbocycles. The second kappa shape index (κ2) is 4.86. The maximum atomic E-state index is 13.2. The second-order valence-electron chi connectivity index (χ2n) is 4.76. The van der Waals surface area contributed by atoms with Gasteiger partial charge in [0.05, 0.1) is 5.60 Å². The Morgan fingerprint density at radius 1 is 1.33 bits per heavy atom. The van der Waals surface area contributed by atoms with Gasteiger partial charge < -0.3 is 5.11 Å². The molecule has 1 heterocycles. The smallest absolute Gasteiger partial charge is 0.123 e. The number of nitrogens with zero attached hydrogens (tertiary/aromatic N) is 1. The van der Waals surface area contributed by atoms with Gasteiger partial charge in [0, 0.05) is 24.4 Å². The molecule has 2 nitrogen and oxygen atoms in total. The van der Waals surface area contributed by atoms with Gasteiger partial charge in [0.2, 0.25) is 0 Å². The van der Waals surface area contributed by atoms with Crippen molar-refractivity contribution in [1.29, 1.82) is 0 Å². The summed E-state index contributed by atoms with van der Waals surface area (Å²) in [6, 6.07) is 8.23. The molecule has 0 fully saturated rings. The average molecular weight is 245 g/mol. The highest BCUT2D eigenvalue weighted by molar-refractivity contribution is 5.30. The van der Waals surface area contributed by atoms with Crippen LogP contribution in [0.5, 0.6) is 0 Å². The quantitative estimate of drug-likeness (QED) is 0.901. The van der Waals surface area contributed by atoms with E-state index in [4.69, 9.17) is 0 Å². The summed E-state index contributed by atoms with van der Waals surface area (Å²) in [5, 5.41) is 10.5. The third kappa shape index (κ3) is 2.74. The Hall–Kier alpha value is -1.74. The summed E-state index contributed by atoms with van der Waals surface area (Å²) in [6.45, 7) is 3.63. The van der Waals surface area contributed by atoms with E-state index in [1.165, 1.54) is 12.1 Å². The van der Waals surface area contributed by atoms with Crippen LogP contribution in [0.4, 0.5) is 4.39 Å². The normalized spacial score (nSPS) is 14.2. The van der Waals surface area contributed by atoms with Crippen LogP contribution in [0.3, 0.4) is 0 Å². The first-order valence-electron chi connectivity index (χ1n) is 5.87. The van der Waals surface area contributed by atoms with Crippen LogP contribution in [0.15, 0.2) is 42.7 Å². The van der Waals surface area contributed by atoms with Crippen LogP contribution >= 0.6 is 0 Å². The molecule has 2 aromatic rings. The minimum atomic E-state index is -1.05. The van der Waals surface area contributed by atoms with Crippen molar-refractivity contribution < 1.29 is 9.50 Å². The molecule has 0 spiro atoms. The van der Waals surface area contributed by atoms with Gasteiger partial charge >= 0.3 is 0 Å². The molecule has 1 aromatic carbocycles.